The highest BCUT2D eigenvalue weighted by Gasteiger charge is 2.13. The van der Waals surface area contributed by atoms with Gasteiger partial charge in [0.25, 0.3) is 0 Å². The average Bonchev–Trinajstić information content (AvgIpc) is 3.33. The first-order valence-corrected chi connectivity index (χ1v) is 9.63. The van der Waals surface area contributed by atoms with Crippen LogP contribution < -0.4 is 5.32 Å². The molecule has 0 radical (unpaired) electrons. The number of aromatic amines is 1. The lowest BCUT2D eigenvalue weighted by molar-refractivity contribution is -0.116. The number of imidazole rings is 1. The Morgan fingerprint density at radius 3 is 2.79 bits per heavy atom. The molecule has 0 spiro atoms. The second kappa shape index (κ2) is 8.24. The van der Waals surface area contributed by atoms with E-state index in [0.29, 0.717) is 17.3 Å². The SMILES string of the molecule is Cc1cccc(-c2n[nH]c(=S)n2CCC(=O)Nc2nccn2-c2ccccc2)c1. The monoisotopic (exact) mass is 404 g/mol. The van der Waals surface area contributed by atoms with Crippen molar-refractivity contribution in [3.63, 3.8) is 0 Å². The van der Waals surface area contributed by atoms with Gasteiger partial charge in [0, 0.05) is 36.6 Å². The minimum absolute atomic E-state index is 0.147. The van der Waals surface area contributed by atoms with E-state index in [1.165, 1.54) is 0 Å². The molecule has 1 amide bonds. The number of hydrogen-bond acceptors (Lipinski definition) is 4. The first kappa shape index (κ1) is 18.8. The maximum atomic E-state index is 12.6. The molecule has 2 aromatic heterocycles. The molecule has 4 aromatic rings. The Balaban J connectivity index is 1.48. The Kier molecular flexibility index (Phi) is 5.35. The number of nitrogens with zero attached hydrogens (tertiary/aromatic N) is 4. The molecule has 0 aliphatic rings. The first-order chi connectivity index (χ1) is 14.1. The third-order valence-electron chi connectivity index (χ3n) is 4.52. The van der Waals surface area contributed by atoms with E-state index in [-0.39, 0.29) is 12.3 Å². The van der Waals surface area contributed by atoms with Crippen molar-refractivity contribution in [3.8, 4) is 17.1 Å². The van der Waals surface area contributed by atoms with Gasteiger partial charge in [-0.15, -0.1) is 0 Å². The van der Waals surface area contributed by atoms with Crippen molar-refractivity contribution in [2.24, 2.45) is 0 Å². The predicted octanol–water partition coefficient (Wildman–Crippen LogP) is 4.13. The molecule has 0 unspecified atom stereocenters. The number of hydrogen-bond donors (Lipinski definition) is 2. The Morgan fingerprint density at radius 1 is 1.17 bits per heavy atom. The normalized spacial score (nSPS) is 10.8. The number of nitrogens with one attached hydrogen (secondary N) is 2. The van der Waals surface area contributed by atoms with E-state index < -0.39 is 0 Å². The van der Waals surface area contributed by atoms with Gasteiger partial charge >= 0.3 is 0 Å². The molecule has 146 valence electrons. The van der Waals surface area contributed by atoms with Crippen molar-refractivity contribution < 1.29 is 4.79 Å². The second-order valence-electron chi connectivity index (χ2n) is 6.63. The minimum atomic E-state index is -0.147. The summed E-state index contributed by atoms with van der Waals surface area (Å²) < 4.78 is 4.16. The topological polar surface area (TPSA) is 80.5 Å². The van der Waals surface area contributed by atoms with Crippen LogP contribution in [0.3, 0.4) is 0 Å². The first-order valence-electron chi connectivity index (χ1n) is 9.23. The zero-order valence-corrected chi connectivity index (χ0v) is 16.7. The molecule has 2 heterocycles. The molecule has 2 aromatic carbocycles. The Bertz CT molecular complexity index is 1190. The summed E-state index contributed by atoms with van der Waals surface area (Å²) in [5.74, 6) is 1.06. The van der Waals surface area contributed by atoms with Crippen LogP contribution in [-0.2, 0) is 11.3 Å². The van der Waals surface area contributed by atoms with Crippen LogP contribution in [0.1, 0.15) is 12.0 Å². The number of aromatic nitrogens is 5. The molecule has 4 rings (SSSR count). The second-order valence-corrected chi connectivity index (χ2v) is 7.01. The van der Waals surface area contributed by atoms with Gasteiger partial charge in [-0.05, 0) is 37.3 Å². The zero-order valence-electron chi connectivity index (χ0n) is 15.9. The summed E-state index contributed by atoms with van der Waals surface area (Å²) >= 11 is 5.36. The molecular formula is C21H20N6OS. The lowest BCUT2D eigenvalue weighted by atomic mass is 10.1. The smallest absolute Gasteiger partial charge is 0.228 e. The lowest BCUT2D eigenvalue weighted by Gasteiger charge is -2.10. The zero-order chi connectivity index (χ0) is 20.2. The summed E-state index contributed by atoms with van der Waals surface area (Å²) in [6.45, 7) is 2.44. The quantitative estimate of drug-likeness (QED) is 0.474. The van der Waals surface area contributed by atoms with Gasteiger partial charge < -0.3 is 0 Å². The van der Waals surface area contributed by atoms with Crippen LogP contribution in [0.2, 0.25) is 0 Å². The maximum Gasteiger partial charge on any atom is 0.228 e. The highest BCUT2D eigenvalue weighted by atomic mass is 32.1. The standard InChI is InChI=1S/C21H20N6OS/c1-15-6-5-7-16(14-15)19-24-25-21(29)27(19)12-10-18(28)23-20-22-11-13-26(20)17-8-3-2-4-9-17/h2-9,11,13-14H,10,12H2,1H3,(H,25,29)(H,22,23,28). The van der Waals surface area contributed by atoms with Crippen molar-refractivity contribution in [2.45, 2.75) is 19.9 Å². The van der Waals surface area contributed by atoms with Crippen LogP contribution in [0, 0.1) is 11.7 Å². The van der Waals surface area contributed by atoms with Gasteiger partial charge in [-0.3, -0.25) is 24.3 Å². The highest BCUT2D eigenvalue weighted by molar-refractivity contribution is 7.71. The molecule has 0 saturated carbocycles. The fourth-order valence-electron chi connectivity index (χ4n) is 3.12. The average molecular weight is 404 g/mol. The fourth-order valence-corrected chi connectivity index (χ4v) is 3.35. The van der Waals surface area contributed by atoms with Gasteiger partial charge in [-0.2, -0.15) is 5.10 Å². The van der Waals surface area contributed by atoms with E-state index >= 15 is 0 Å². The molecule has 8 heteroatoms. The van der Waals surface area contributed by atoms with E-state index in [1.54, 1.807) is 6.20 Å². The summed E-state index contributed by atoms with van der Waals surface area (Å²) in [6.07, 6.45) is 3.71. The van der Waals surface area contributed by atoms with Crippen molar-refractivity contribution in [1.82, 2.24) is 24.3 Å². The third-order valence-corrected chi connectivity index (χ3v) is 4.84. The van der Waals surface area contributed by atoms with E-state index in [4.69, 9.17) is 12.2 Å². The van der Waals surface area contributed by atoms with E-state index in [2.05, 4.69) is 20.5 Å². The van der Waals surface area contributed by atoms with Crippen molar-refractivity contribution in [1.29, 1.82) is 0 Å². The van der Waals surface area contributed by atoms with Crippen LogP contribution in [0.15, 0.2) is 67.0 Å². The molecule has 0 atom stereocenters. The molecule has 0 aliphatic heterocycles. The minimum Gasteiger partial charge on any atom is -0.300 e. The summed E-state index contributed by atoms with van der Waals surface area (Å²) in [4.78, 5) is 16.8. The number of rotatable bonds is 6. The van der Waals surface area contributed by atoms with Gasteiger partial charge in [0.2, 0.25) is 11.9 Å². The summed E-state index contributed by atoms with van der Waals surface area (Å²) in [5.41, 5.74) is 3.02. The molecule has 0 saturated heterocycles. The molecular weight excluding hydrogens is 384 g/mol. The number of para-hydroxylation sites is 1. The Labute approximate surface area is 173 Å². The Morgan fingerprint density at radius 2 is 2.00 bits per heavy atom. The number of H-pyrrole nitrogens is 1. The summed E-state index contributed by atoms with van der Waals surface area (Å²) in [6, 6.07) is 17.7. The molecule has 0 bridgehead atoms. The Hall–Kier alpha value is -3.52. The largest absolute Gasteiger partial charge is 0.300 e. The lowest BCUT2D eigenvalue weighted by Crippen LogP contribution is -2.17. The van der Waals surface area contributed by atoms with Gasteiger partial charge in [0.1, 0.15) is 0 Å². The summed E-state index contributed by atoms with van der Waals surface area (Å²) in [7, 11) is 0. The van der Waals surface area contributed by atoms with Crippen LogP contribution in [0.5, 0.6) is 0 Å². The molecule has 2 N–H and O–H groups in total. The van der Waals surface area contributed by atoms with Crippen molar-refractivity contribution in [3.05, 3.63) is 77.3 Å². The van der Waals surface area contributed by atoms with Crippen molar-refractivity contribution >= 4 is 24.1 Å². The van der Waals surface area contributed by atoms with Crippen LogP contribution in [0.4, 0.5) is 5.95 Å². The molecule has 7 nitrogen and oxygen atoms in total. The number of benzene rings is 2. The third kappa shape index (κ3) is 4.17. The number of carbonyl (C=O) groups excluding carboxylic acids is 1. The van der Waals surface area contributed by atoms with Crippen LogP contribution in [-0.4, -0.2) is 30.2 Å². The van der Waals surface area contributed by atoms with E-state index in [9.17, 15) is 4.79 Å². The van der Waals surface area contributed by atoms with Gasteiger partial charge in [-0.25, -0.2) is 4.98 Å². The molecule has 0 aliphatic carbocycles. The fraction of sp³-hybridized carbons (Fsp3) is 0.143. The van der Waals surface area contributed by atoms with E-state index in [0.717, 1.165) is 22.6 Å². The number of carbonyl (C=O) groups is 1. The van der Waals surface area contributed by atoms with E-state index in [1.807, 2.05) is 76.9 Å². The number of amides is 1. The number of aryl methyl sites for hydroxylation is 1. The van der Waals surface area contributed by atoms with Gasteiger partial charge in [-0.1, -0.05) is 42.0 Å². The molecule has 29 heavy (non-hydrogen) atoms. The van der Waals surface area contributed by atoms with Crippen LogP contribution in [0.25, 0.3) is 17.1 Å². The molecule has 0 fully saturated rings. The highest BCUT2D eigenvalue weighted by Crippen LogP contribution is 2.19. The predicted molar refractivity (Wildman–Crippen MR) is 114 cm³/mol. The van der Waals surface area contributed by atoms with Gasteiger partial charge in [0.05, 0.1) is 0 Å². The summed E-state index contributed by atoms with van der Waals surface area (Å²) in [5, 5.41) is 10.0. The van der Waals surface area contributed by atoms with Crippen LogP contribution >= 0.6 is 12.2 Å². The van der Waals surface area contributed by atoms with Gasteiger partial charge in [0.15, 0.2) is 10.6 Å². The maximum absolute atomic E-state index is 12.6. The number of anilines is 1. The van der Waals surface area contributed by atoms with Crippen molar-refractivity contribution in [2.75, 3.05) is 5.32 Å².